The molecule has 1 aliphatic carbocycles. The van der Waals surface area contributed by atoms with E-state index in [0.717, 1.165) is 11.3 Å². The molecule has 1 amide bonds. The Morgan fingerprint density at radius 3 is 2.76 bits per heavy atom. The number of hydrogen-bond acceptors (Lipinski definition) is 4. The third kappa shape index (κ3) is 3.62. The van der Waals surface area contributed by atoms with Gasteiger partial charge in [0.2, 0.25) is 0 Å². The summed E-state index contributed by atoms with van der Waals surface area (Å²) in [6.07, 6.45) is 4.73. The highest BCUT2D eigenvalue weighted by molar-refractivity contribution is 6.32. The van der Waals surface area contributed by atoms with Gasteiger partial charge in [-0.1, -0.05) is 23.7 Å². The highest BCUT2D eigenvalue weighted by atomic mass is 35.5. The number of amides is 1. The molecular formula is C25H22ClFN6O. The van der Waals surface area contributed by atoms with Crippen LogP contribution in [0.5, 0.6) is 0 Å². The van der Waals surface area contributed by atoms with Crippen LogP contribution >= 0.6 is 11.6 Å². The van der Waals surface area contributed by atoms with Gasteiger partial charge in [-0.3, -0.25) is 13.9 Å². The molecule has 34 heavy (non-hydrogen) atoms. The first-order valence-corrected chi connectivity index (χ1v) is 11.3. The Morgan fingerprint density at radius 1 is 1.32 bits per heavy atom. The molecule has 0 radical (unpaired) electrons. The number of nitrogens with zero attached hydrogens (tertiary/aromatic N) is 5. The van der Waals surface area contributed by atoms with Crippen molar-refractivity contribution in [1.29, 1.82) is 5.26 Å². The monoisotopic (exact) mass is 476 g/mol. The van der Waals surface area contributed by atoms with Gasteiger partial charge in [0.25, 0.3) is 5.91 Å². The summed E-state index contributed by atoms with van der Waals surface area (Å²) in [5.74, 6) is -0.694. The van der Waals surface area contributed by atoms with Crippen molar-refractivity contribution in [3.63, 3.8) is 0 Å². The Hall–Kier alpha value is -3.70. The second-order valence-electron chi connectivity index (χ2n) is 9.11. The zero-order valence-electron chi connectivity index (χ0n) is 18.9. The summed E-state index contributed by atoms with van der Waals surface area (Å²) in [4.78, 5) is 17.4. The van der Waals surface area contributed by atoms with Crippen molar-refractivity contribution in [1.82, 2.24) is 24.5 Å². The number of benzene rings is 1. The molecule has 0 spiro atoms. The second kappa shape index (κ2) is 7.96. The van der Waals surface area contributed by atoms with Crippen LogP contribution in [-0.4, -0.2) is 31.1 Å². The first kappa shape index (κ1) is 22.1. The summed E-state index contributed by atoms with van der Waals surface area (Å²) in [5.41, 5.74) is 3.23. The van der Waals surface area contributed by atoms with Gasteiger partial charge in [0, 0.05) is 42.2 Å². The molecule has 0 atom stereocenters. The van der Waals surface area contributed by atoms with E-state index in [0.29, 0.717) is 35.3 Å². The number of nitrogens with one attached hydrogen (secondary N) is 1. The number of nitriles is 1. The zero-order valence-corrected chi connectivity index (χ0v) is 19.7. The molecule has 172 valence electrons. The van der Waals surface area contributed by atoms with Crippen LogP contribution in [0, 0.1) is 29.5 Å². The number of aryl methyl sites for hydroxylation is 2. The van der Waals surface area contributed by atoms with E-state index in [1.54, 1.807) is 33.5 Å². The smallest absolute Gasteiger partial charge is 0.251 e. The lowest BCUT2D eigenvalue weighted by Gasteiger charge is -2.40. The van der Waals surface area contributed by atoms with E-state index in [-0.39, 0.29) is 28.1 Å². The average Bonchev–Trinajstić information content (AvgIpc) is 3.29. The highest BCUT2D eigenvalue weighted by Crippen LogP contribution is 2.40. The van der Waals surface area contributed by atoms with Crippen molar-refractivity contribution in [2.75, 3.05) is 0 Å². The van der Waals surface area contributed by atoms with Crippen molar-refractivity contribution >= 4 is 23.2 Å². The molecule has 1 aromatic carbocycles. The lowest BCUT2D eigenvalue weighted by atomic mass is 9.68. The summed E-state index contributed by atoms with van der Waals surface area (Å²) in [6.45, 7) is 3.75. The number of carbonyl (C=O) groups excluding carboxylic acids is 1. The number of rotatable bonds is 4. The van der Waals surface area contributed by atoms with Crippen molar-refractivity contribution in [2.45, 2.75) is 32.7 Å². The largest absolute Gasteiger partial charge is 0.349 e. The number of imidazole rings is 1. The van der Waals surface area contributed by atoms with Gasteiger partial charge in [0.05, 0.1) is 17.2 Å². The summed E-state index contributed by atoms with van der Waals surface area (Å²) in [7, 11) is 1.81. The fourth-order valence-corrected chi connectivity index (χ4v) is 4.94. The van der Waals surface area contributed by atoms with Gasteiger partial charge >= 0.3 is 0 Å². The molecule has 0 aliphatic heterocycles. The maximum absolute atomic E-state index is 15.1. The molecule has 3 heterocycles. The summed E-state index contributed by atoms with van der Waals surface area (Å²) in [6, 6.07) is 10.4. The lowest BCUT2D eigenvalue weighted by Crippen LogP contribution is -2.48. The van der Waals surface area contributed by atoms with Crippen LogP contribution < -0.4 is 5.32 Å². The molecule has 1 fully saturated rings. The van der Waals surface area contributed by atoms with E-state index in [1.165, 1.54) is 6.07 Å². The van der Waals surface area contributed by atoms with Crippen LogP contribution in [0.15, 0.2) is 42.7 Å². The van der Waals surface area contributed by atoms with E-state index >= 15 is 4.39 Å². The molecule has 3 aromatic heterocycles. The summed E-state index contributed by atoms with van der Waals surface area (Å²) < 4.78 is 18.4. The van der Waals surface area contributed by atoms with Crippen LogP contribution in [0.3, 0.4) is 0 Å². The molecule has 1 N–H and O–H groups in total. The van der Waals surface area contributed by atoms with Gasteiger partial charge in [-0.15, -0.1) is 0 Å². The Balaban J connectivity index is 1.52. The minimum absolute atomic E-state index is 0.0315. The van der Waals surface area contributed by atoms with Crippen molar-refractivity contribution in [3.8, 4) is 28.5 Å². The Labute approximate surface area is 200 Å². The lowest BCUT2D eigenvalue weighted by molar-refractivity contribution is 0.0856. The van der Waals surface area contributed by atoms with Crippen molar-refractivity contribution in [2.24, 2.45) is 12.5 Å². The van der Waals surface area contributed by atoms with E-state index in [2.05, 4.69) is 21.5 Å². The van der Waals surface area contributed by atoms with Crippen LogP contribution in [0.25, 0.3) is 28.0 Å². The van der Waals surface area contributed by atoms with Crippen molar-refractivity contribution < 1.29 is 9.18 Å². The van der Waals surface area contributed by atoms with Gasteiger partial charge in [0.15, 0.2) is 0 Å². The number of carbonyl (C=O) groups is 1. The van der Waals surface area contributed by atoms with Gasteiger partial charge in [-0.05, 0) is 50.5 Å². The minimum Gasteiger partial charge on any atom is -0.349 e. The van der Waals surface area contributed by atoms with E-state index < -0.39 is 5.82 Å². The minimum atomic E-state index is -0.449. The predicted molar refractivity (Wildman–Crippen MR) is 127 cm³/mol. The molecular weight excluding hydrogens is 455 g/mol. The fourth-order valence-electron chi connectivity index (χ4n) is 4.66. The molecule has 1 saturated carbocycles. The molecule has 0 saturated heterocycles. The van der Waals surface area contributed by atoms with Crippen LogP contribution in [0.2, 0.25) is 5.15 Å². The molecule has 5 rings (SSSR count). The number of aromatic nitrogens is 4. The molecule has 0 bridgehead atoms. The van der Waals surface area contributed by atoms with Gasteiger partial charge in [0.1, 0.15) is 22.3 Å². The Bertz CT molecular complexity index is 1490. The van der Waals surface area contributed by atoms with Crippen molar-refractivity contribution in [3.05, 3.63) is 65.0 Å². The maximum Gasteiger partial charge on any atom is 0.251 e. The third-order valence-corrected chi connectivity index (χ3v) is 6.74. The van der Waals surface area contributed by atoms with E-state index in [9.17, 15) is 4.79 Å². The van der Waals surface area contributed by atoms with E-state index in [4.69, 9.17) is 16.9 Å². The second-order valence-corrected chi connectivity index (χ2v) is 9.47. The summed E-state index contributed by atoms with van der Waals surface area (Å²) >= 11 is 6.65. The Morgan fingerprint density at radius 2 is 2.09 bits per heavy atom. The predicted octanol–water partition coefficient (Wildman–Crippen LogP) is 4.92. The first-order valence-electron chi connectivity index (χ1n) is 10.9. The first-order chi connectivity index (χ1) is 16.2. The number of fused-ring (bicyclic) bond motifs is 1. The molecule has 0 unspecified atom stereocenters. The third-order valence-electron chi connectivity index (χ3n) is 6.38. The molecule has 7 nitrogen and oxygen atoms in total. The number of hydrogen-bond donors (Lipinski definition) is 1. The van der Waals surface area contributed by atoms with Crippen LogP contribution in [0.4, 0.5) is 4.39 Å². The van der Waals surface area contributed by atoms with Gasteiger partial charge < -0.3 is 5.32 Å². The normalized spacial score (nSPS) is 19.6. The highest BCUT2D eigenvalue weighted by Gasteiger charge is 2.41. The zero-order chi connectivity index (χ0) is 24.2. The fraction of sp³-hybridized carbons (Fsp3) is 0.280. The maximum atomic E-state index is 15.1. The SMILES string of the molecule is Cc1nn(C)cc1-c1cccc(F)c1-c1nc2cc(C(=O)NC3CC(C)(C#N)C3)ccn2c1Cl. The molecule has 9 heteroatoms. The number of halogens is 2. The topological polar surface area (TPSA) is 88.0 Å². The Kier molecular flexibility index (Phi) is 5.18. The quantitative estimate of drug-likeness (QED) is 0.452. The number of pyridine rings is 1. The molecule has 4 aromatic rings. The standard InChI is InChI=1S/C25H22ClFN6O/c1-14-18(12-32(3)31-14)17-5-4-6-19(27)21(17)22-23(26)33-8-7-15(9-20(33)30-22)24(34)29-16-10-25(2,11-16)13-28/h4-9,12,16H,10-11H2,1-3H3,(H,29,34). The van der Waals surface area contributed by atoms with E-state index in [1.807, 2.05) is 33.2 Å². The molecule has 1 aliphatic rings. The van der Waals surface area contributed by atoms with Crippen LogP contribution in [0.1, 0.15) is 35.8 Å². The summed E-state index contributed by atoms with van der Waals surface area (Å²) in [5, 5.41) is 16.7. The van der Waals surface area contributed by atoms with Gasteiger partial charge in [-0.25, -0.2) is 9.37 Å². The average molecular weight is 477 g/mol. The van der Waals surface area contributed by atoms with Gasteiger partial charge in [-0.2, -0.15) is 10.4 Å². The van der Waals surface area contributed by atoms with Crippen LogP contribution in [-0.2, 0) is 7.05 Å².